The molecule has 5 heteroatoms. The van der Waals surface area contributed by atoms with E-state index in [1.165, 1.54) is 19.8 Å². The second kappa shape index (κ2) is 6.44. The molecule has 1 atom stereocenters. The van der Waals surface area contributed by atoms with Crippen molar-refractivity contribution in [2.24, 2.45) is 0 Å². The minimum Gasteiger partial charge on any atom is -0.490 e. The highest BCUT2D eigenvalue weighted by atomic mass is 16.5. The van der Waals surface area contributed by atoms with Gasteiger partial charge in [-0.15, -0.1) is 0 Å². The zero-order chi connectivity index (χ0) is 16.4. The normalized spacial score (nSPS) is 21.8. The molecule has 1 aromatic carbocycles. The number of rotatable bonds is 4. The summed E-state index contributed by atoms with van der Waals surface area (Å²) in [6.07, 6.45) is 5.01. The molecule has 23 heavy (non-hydrogen) atoms. The lowest BCUT2D eigenvalue weighted by molar-refractivity contribution is -0.114. The third-order valence-corrected chi connectivity index (χ3v) is 4.47. The van der Waals surface area contributed by atoms with Crippen molar-refractivity contribution in [3.63, 3.8) is 0 Å². The molecule has 1 aromatic rings. The fourth-order valence-corrected chi connectivity index (χ4v) is 3.35. The molecule has 0 radical (unpaired) electrons. The molecule has 5 nitrogen and oxygen atoms in total. The standard InChI is InChI=1S/C18H22N2O3/c1-11-16(12(2)21)17(20-18(22)19-11)13-7-9-15(10-8-13)23-14-5-3-4-6-14/h7-10,14,17H,3-6H2,1-2H3,(H2,19,20,22)/t17-/m1/s1. The first kappa shape index (κ1) is 15.6. The fraction of sp³-hybridized carbons (Fsp3) is 0.444. The van der Waals surface area contributed by atoms with Gasteiger partial charge in [-0.25, -0.2) is 4.79 Å². The second-order valence-corrected chi connectivity index (χ2v) is 6.22. The number of urea groups is 1. The molecule has 2 N–H and O–H groups in total. The summed E-state index contributed by atoms with van der Waals surface area (Å²) in [4.78, 5) is 23.7. The molecule has 1 saturated carbocycles. The minimum atomic E-state index is -0.415. The largest absolute Gasteiger partial charge is 0.490 e. The quantitative estimate of drug-likeness (QED) is 0.896. The number of carbonyl (C=O) groups is 2. The van der Waals surface area contributed by atoms with E-state index in [4.69, 9.17) is 4.74 Å². The summed E-state index contributed by atoms with van der Waals surface area (Å²) in [5, 5.41) is 5.47. The highest BCUT2D eigenvalue weighted by Crippen LogP contribution is 2.29. The van der Waals surface area contributed by atoms with Gasteiger partial charge < -0.3 is 15.4 Å². The van der Waals surface area contributed by atoms with Gasteiger partial charge in [0.2, 0.25) is 0 Å². The molecule has 1 heterocycles. The maximum absolute atomic E-state index is 11.9. The number of amides is 2. The molecule has 1 aliphatic carbocycles. The van der Waals surface area contributed by atoms with Crippen LogP contribution in [0, 0.1) is 0 Å². The van der Waals surface area contributed by atoms with Crippen molar-refractivity contribution in [1.82, 2.24) is 10.6 Å². The van der Waals surface area contributed by atoms with E-state index in [9.17, 15) is 9.59 Å². The molecule has 0 unspecified atom stereocenters. The smallest absolute Gasteiger partial charge is 0.319 e. The number of benzene rings is 1. The van der Waals surface area contributed by atoms with Crippen LogP contribution in [0.15, 0.2) is 35.5 Å². The lowest BCUT2D eigenvalue weighted by atomic mass is 9.93. The Labute approximate surface area is 136 Å². The highest BCUT2D eigenvalue weighted by Gasteiger charge is 2.29. The van der Waals surface area contributed by atoms with Gasteiger partial charge in [0.25, 0.3) is 0 Å². The van der Waals surface area contributed by atoms with Gasteiger partial charge in [-0.3, -0.25) is 4.79 Å². The predicted molar refractivity (Wildman–Crippen MR) is 87.1 cm³/mol. The molecule has 1 fully saturated rings. The van der Waals surface area contributed by atoms with Crippen molar-refractivity contribution >= 4 is 11.8 Å². The maximum atomic E-state index is 11.9. The zero-order valence-corrected chi connectivity index (χ0v) is 13.5. The van der Waals surface area contributed by atoms with E-state index in [0.717, 1.165) is 24.2 Å². The Hall–Kier alpha value is -2.30. The molecule has 0 aromatic heterocycles. The van der Waals surface area contributed by atoms with E-state index in [-0.39, 0.29) is 11.8 Å². The Bertz CT molecular complexity index is 643. The number of carbonyl (C=O) groups excluding carboxylic acids is 2. The summed E-state index contributed by atoms with van der Waals surface area (Å²) in [5.41, 5.74) is 2.08. The van der Waals surface area contributed by atoms with Crippen molar-refractivity contribution in [2.75, 3.05) is 0 Å². The minimum absolute atomic E-state index is 0.0497. The van der Waals surface area contributed by atoms with Gasteiger partial charge in [0.15, 0.2) is 5.78 Å². The van der Waals surface area contributed by atoms with Gasteiger partial charge in [-0.1, -0.05) is 12.1 Å². The first-order valence-corrected chi connectivity index (χ1v) is 8.10. The summed E-state index contributed by atoms with van der Waals surface area (Å²) in [5.74, 6) is 0.789. The van der Waals surface area contributed by atoms with Crippen LogP contribution in [0.25, 0.3) is 0 Å². The summed E-state index contributed by atoms with van der Waals surface area (Å²) in [7, 11) is 0. The van der Waals surface area contributed by atoms with E-state index < -0.39 is 6.04 Å². The van der Waals surface area contributed by atoms with Crippen molar-refractivity contribution < 1.29 is 14.3 Å². The third-order valence-electron chi connectivity index (χ3n) is 4.47. The molecule has 2 aliphatic rings. The lowest BCUT2D eigenvalue weighted by Gasteiger charge is -2.28. The monoisotopic (exact) mass is 314 g/mol. The molecular weight excluding hydrogens is 292 g/mol. The van der Waals surface area contributed by atoms with Crippen LogP contribution in [0.3, 0.4) is 0 Å². The van der Waals surface area contributed by atoms with E-state index in [2.05, 4.69) is 10.6 Å². The van der Waals surface area contributed by atoms with Crippen molar-refractivity contribution in [3.05, 3.63) is 41.1 Å². The Morgan fingerprint density at radius 1 is 1.17 bits per heavy atom. The van der Waals surface area contributed by atoms with E-state index >= 15 is 0 Å². The third kappa shape index (κ3) is 3.38. The number of hydrogen-bond donors (Lipinski definition) is 2. The predicted octanol–water partition coefficient (Wildman–Crippen LogP) is 3.22. The van der Waals surface area contributed by atoms with Crippen molar-refractivity contribution in [1.29, 1.82) is 0 Å². The Morgan fingerprint density at radius 2 is 1.83 bits per heavy atom. The number of nitrogens with one attached hydrogen (secondary N) is 2. The second-order valence-electron chi connectivity index (χ2n) is 6.22. The van der Waals surface area contributed by atoms with Crippen LogP contribution in [-0.2, 0) is 4.79 Å². The summed E-state index contributed by atoms with van der Waals surface area (Å²) in [6, 6.07) is 6.95. The van der Waals surface area contributed by atoms with Crippen LogP contribution < -0.4 is 15.4 Å². The first-order valence-electron chi connectivity index (χ1n) is 8.10. The first-order chi connectivity index (χ1) is 11.0. The average Bonchev–Trinajstić information content (AvgIpc) is 2.99. The van der Waals surface area contributed by atoms with Crippen LogP contribution in [0.2, 0.25) is 0 Å². The van der Waals surface area contributed by atoms with Gasteiger partial charge in [-0.2, -0.15) is 0 Å². The van der Waals surface area contributed by atoms with Gasteiger partial charge in [0.05, 0.1) is 12.1 Å². The summed E-state index contributed by atoms with van der Waals surface area (Å²) in [6.45, 7) is 3.27. The highest BCUT2D eigenvalue weighted by molar-refractivity contribution is 5.98. The molecule has 2 amide bonds. The molecule has 0 bridgehead atoms. The topological polar surface area (TPSA) is 67.4 Å². The summed E-state index contributed by atoms with van der Waals surface area (Å²) < 4.78 is 5.96. The lowest BCUT2D eigenvalue weighted by Crippen LogP contribution is -2.44. The average molecular weight is 314 g/mol. The van der Waals surface area contributed by atoms with Crippen LogP contribution in [0.5, 0.6) is 5.75 Å². The van der Waals surface area contributed by atoms with E-state index in [0.29, 0.717) is 17.4 Å². The van der Waals surface area contributed by atoms with Gasteiger partial charge in [-0.05, 0) is 57.2 Å². The van der Waals surface area contributed by atoms with Crippen LogP contribution in [-0.4, -0.2) is 17.9 Å². The SMILES string of the molecule is CC(=O)C1=C(C)NC(=O)N[C@@H]1c1ccc(OC2CCCC2)cc1. The number of ketones is 1. The molecule has 0 saturated heterocycles. The molecule has 0 spiro atoms. The van der Waals surface area contributed by atoms with Gasteiger partial charge >= 0.3 is 6.03 Å². The van der Waals surface area contributed by atoms with E-state index in [1.54, 1.807) is 6.92 Å². The Morgan fingerprint density at radius 3 is 2.43 bits per heavy atom. The van der Waals surface area contributed by atoms with Gasteiger partial charge in [0.1, 0.15) is 5.75 Å². The van der Waals surface area contributed by atoms with Crippen LogP contribution >= 0.6 is 0 Å². The Balaban J connectivity index is 1.81. The molecule has 122 valence electrons. The van der Waals surface area contributed by atoms with Gasteiger partial charge in [0, 0.05) is 11.3 Å². The fourth-order valence-electron chi connectivity index (χ4n) is 3.35. The number of ether oxygens (including phenoxy) is 1. The molecular formula is C18H22N2O3. The number of allylic oxidation sites excluding steroid dienone is 1. The van der Waals surface area contributed by atoms with Crippen LogP contribution in [0.1, 0.15) is 51.1 Å². The zero-order valence-electron chi connectivity index (χ0n) is 13.5. The van der Waals surface area contributed by atoms with E-state index in [1.807, 2.05) is 24.3 Å². The van der Waals surface area contributed by atoms with Crippen molar-refractivity contribution in [2.45, 2.75) is 51.7 Å². The molecule has 3 rings (SSSR count). The van der Waals surface area contributed by atoms with Crippen LogP contribution in [0.4, 0.5) is 4.79 Å². The van der Waals surface area contributed by atoms with Crippen molar-refractivity contribution in [3.8, 4) is 5.75 Å². The number of Topliss-reactive ketones (excluding diaryl/α,β-unsaturated/α-hetero) is 1. The summed E-state index contributed by atoms with van der Waals surface area (Å²) >= 11 is 0. The number of hydrogen-bond acceptors (Lipinski definition) is 3. The maximum Gasteiger partial charge on any atom is 0.319 e. The molecule has 1 aliphatic heterocycles. The Kier molecular flexibility index (Phi) is 4.37.